The molecule has 1 saturated heterocycles. The first kappa shape index (κ1) is 24.4. The Labute approximate surface area is 196 Å². The van der Waals surface area contributed by atoms with Gasteiger partial charge in [0.05, 0.1) is 31.3 Å². The van der Waals surface area contributed by atoms with Crippen LogP contribution in [0.1, 0.15) is 10.4 Å². The van der Waals surface area contributed by atoms with Crippen LogP contribution in [0.4, 0.5) is 10.1 Å². The Balaban J connectivity index is 1.43. The summed E-state index contributed by atoms with van der Waals surface area (Å²) in [6, 6.07) is 10.5. The lowest BCUT2D eigenvalue weighted by molar-refractivity contribution is -0.129. The number of thioether (sulfide) groups is 1. The molecule has 10 heteroatoms. The van der Waals surface area contributed by atoms with Crippen LogP contribution in [-0.4, -0.2) is 79.4 Å². The Morgan fingerprint density at radius 1 is 0.939 bits per heavy atom. The van der Waals surface area contributed by atoms with Gasteiger partial charge in [-0.1, -0.05) is 0 Å². The fourth-order valence-electron chi connectivity index (χ4n) is 3.36. The standard InChI is InChI=1S/C23H26FN3O5S/c1-31-18-7-8-19(20(13-18)32-2)23(30)27-11-9-26(10-12-27)22(29)15-33-14-21(28)25-17-5-3-16(24)4-6-17/h3-8,13H,9-12,14-15H2,1-2H3,(H,25,28). The number of anilines is 1. The number of methoxy groups -OCH3 is 2. The zero-order chi connectivity index (χ0) is 23.8. The predicted octanol–water partition coefficient (Wildman–Crippen LogP) is 2.50. The van der Waals surface area contributed by atoms with E-state index < -0.39 is 0 Å². The van der Waals surface area contributed by atoms with Crippen molar-refractivity contribution in [2.75, 3.05) is 57.2 Å². The van der Waals surface area contributed by atoms with E-state index in [0.29, 0.717) is 48.9 Å². The van der Waals surface area contributed by atoms with Crippen LogP contribution >= 0.6 is 11.8 Å². The van der Waals surface area contributed by atoms with Crippen molar-refractivity contribution in [3.63, 3.8) is 0 Å². The smallest absolute Gasteiger partial charge is 0.257 e. The molecule has 8 nitrogen and oxygen atoms in total. The highest BCUT2D eigenvalue weighted by Gasteiger charge is 2.26. The number of hydrogen-bond acceptors (Lipinski definition) is 6. The lowest BCUT2D eigenvalue weighted by Crippen LogP contribution is -2.51. The van der Waals surface area contributed by atoms with E-state index in [2.05, 4.69) is 5.32 Å². The van der Waals surface area contributed by atoms with Crippen molar-refractivity contribution in [2.24, 2.45) is 0 Å². The first-order valence-corrected chi connectivity index (χ1v) is 11.5. The minimum atomic E-state index is -0.377. The molecule has 0 spiro atoms. The Hall–Kier alpha value is -3.27. The number of halogens is 1. The second kappa shape index (κ2) is 11.6. The van der Waals surface area contributed by atoms with Gasteiger partial charge in [0, 0.05) is 37.9 Å². The molecule has 2 aromatic carbocycles. The van der Waals surface area contributed by atoms with Crippen LogP contribution in [0.25, 0.3) is 0 Å². The summed E-state index contributed by atoms with van der Waals surface area (Å²) in [4.78, 5) is 40.8. The van der Waals surface area contributed by atoms with Crippen LogP contribution in [0, 0.1) is 5.82 Å². The number of amides is 3. The molecule has 33 heavy (non-hydrogen) atoms. The number of carbonyl (C=O) groups excluding carboxylic acids is 3. The second-order valence-electron chi connectivity index (χ2n) is 7.29. The highest BCUT2D eigenvalue weighted by molar-refractivity contribution is 8.00. The summed E-state index contributed by atoms with van der Waals surface area (Å²) in [6.07, 6.45) is 0. The molecule has 0 bridgehead atoms. The van der Waals surface area contributed by atoms with E-state index in [1.165, 1.54) is 43.1 Å². The van der Waals surface area contributed by atoms with E-state index in [1.54, 1.807) is 35.1 Å². The van der Waals surface area contributed by atoms with Crippen LogP contribution in [0.5, 0.6) is 11.5 Å². The summed E-state index contributed by atoms with van der Waals surface area (Å²) in [5.41, 5.74) is 0.948. The van der Waals surface area contributed by atoms with Gasteiger partial charge in [0.25, 0.3) is 5.91 Å². The van der Waals surface area contributed by atoms with Gasteiger partial charge in [-0.25, -0.2) is 4.39 Å². The first-order valence-electron chi connectivity index (χ1n) is 10.3. The molecule has 3 rings (SSSR count). The summed E-state index contributed by atoms with van der Waals surface area (Å²) >= 11 is 1.21. The molecule has 0 unspecified atom stereocenters. The Bertz CT molecular complexity index is 994. The Morgan fingerprint density at radius 3 is 2.24 bits per heavy atom. The van der Waals surface area contributed by atoms with E-state index in [9.17, 15) is 18.8 Å². The summed E-state index contributed by atoms with van der Waals surface area (Å²) in [5.74, 6) is 0.435. The number of hydrogen-bond donors (Lipinski definition) is 1. The number of piperazine rings is 1. The van der Waals surface area contributed by atoms with Crippen molar-refractivity contribution in [2.45, 2.75) is 0 Å². The van der Waals surface area contributed by atoms with E-state index in [4.69, 9.17) is 9.47 Å². The molecule has 0 radical (unpaired) electrons. The molecule has 176 valence electrons. The highest BCUT2D eigenvalue weighted by Crippen LogP contribution is 2.26. The largest absolute Gasteiger partial charge is 0.497 e. The van der Waals surface area contributed by atoms with Gasteiger partial charge in [0.15, 0.2) is 0 Å². The number of benzene rings is 2. The molecular weight excluding hydrogens is 449 g/mol. The van der Waals surface area contributed by atoms with E-state index in [-0.39, 0.29) is 35.0 Å². The monoisotopic (exact) mass is 475 g/mol. The maximum Gasteiger partial charge on any atom is 0.257 e. The summed E-state index contributed by atoms with van der Waals surface area (Å²) in [5, 5.41) is 2.66. The fraction of sp³-hybridized carbons (Fsp3) is 0.348. The maximum atomic E-state index is 12.9. The molecule has 1 fully saturated rings. The van der Waals surface area contributed by atoms with Crippen molar-refractivity contribution in [1.82, 2.24) is 9.80 Å². The molecule has 0 saturated carbocycles. The lowest BCUT2D eigenvalue weighted by atomic mass is 10.1. The van der Waals surface area contributed by atoms with Crippen LogP contribution in [0.2, 0.25) is 0 Å². The van der Waals surface area contributed by atoms with Gasteiger partial charge in [-0.2, -0.15) is 0 Å². The minimum Gasteiger partial charge on any atom is -0.497 e. The zero-order valence-electron chi connectivity index (χ0n) is 18.5. The molecule has 0 aliphatic carbocycles. The molecule has 0 atom stereocenters. The maximum absolute atomic E-state index is 12.9. The van der Waals surface area contributed by atoms with Gasteiger partial charge in [-0.15, -0.1) is 11.8 Å². The number of nitrogens with zero attached hydrogens (tertiary/aromatic N) is 2. The van der Waals surface area contributed by atoms with Crippen LogP contribution in [-0.2, 0) is 9.59 Å². The van der Waals surface area contributed by atoms with E-state index in [0.717, 1.165) is 0 Å². The van der Waals surface area contributed by atoms with Crippen LogP contribution < -0.4 is 14.8 Å². The van der Waals surface area contributed by atoms with Crippen molar-refractivity contribution in [3.8, 4) is 11.5 Å². The number of rotatable bonds is 8. The van der Waals surface area contributed by atoms with Crippen LogP contribution in [0.3, 0.4) is 0 Å². The normalized spacial score (nSPS) is 13.4. The van der Waals surface area contributed by atoms with Crippen LogP contribution in [0.15, 0.2) is 42.5 Å². The molecule has 1 aliphatic heterocycles. The molecular formula is C23H26FN3O5S. The van der Waals surface area contributed by atoms with E-state index >= 15 is 0 Å². The molecule has 2 aromatic rings. The summed E-state index contributed by atoms with van der Waals surface area (Å²) in [6.45, 7) is 1.67. The number of ether oxygens (including phenoxy) is 2. The Kier molecular flexibility index (Phi) is 8.53. The number of nitrogens with one attached hydrogen (secondary N) is 1. The summed E-state index contributed by atoms with van der Waals surface area (Å²) < 4.78 is 23.4. The number of carbonyl (C=O) groups is 3. The van der Waals surface area contributed by atoms with Gasteiger partial charge in [0.2, 0.25) is 11.8 Å². The van der Waals surface area contributed by atoms with E-state index in [1.807, 2.05) is 0 Å². The van der Waals surface area contributed by atoms with Crippen molar-refractivity contribution in [3.05, 3.63) is 53.8 Å². The van der Waals surface area contributed by atoms with Gasteiger partial charge in [-0.3, -0.25) is 14.4 Å². The fourth-order valence-corrected chi connectivity index (χ4v) is 4.07. The van der Waals surface area contributed by atoms with Crippen molar-refractivity contribution in [1.29, 1.82) is 0 Å². The van der Waals surface area contributed by atoms with Crippen molar-refractivity contribution >= 4 is 35.2 Å². The average molecular weight is 476 g/mol. The summed E-state index contributed by atoms with van der Waals surface area (Å²) in [7, 11) is 3.04. The molecule has 0 aromatic heterocycles. The van der Waals surface area contributed by atoms with Gasteiger partial charge in [0.1, 0.15) is 17.3 Å². The third kappa shape index (κ3) is 6.61. The topological polar surface area (TPSA) is 88.2 Å². The third-order valence-electron chi connectivity index (χ3n) is 5.15. The Morgan fingerprint density at radius 2 is 1.61 bits per heavy atom. The van der Waals surface area contributed by atoms with Crippen molar-refractivity contribution < 1.29 is 28.2 Å². The lowest BCUT2D eigenvalue weighted by Gasteiger charge is -2.35. The minimum absolute atomic E-state index is 0.0799. The molecule has 1 heterocycles. The molecule has 3 amide bonds. The van der Waals surface area contributed by atoms with Gasteiger partial charge in [-0.05, 0) is 36.4 Å². The SMILES string of the molecule is COc1ccc(C(=O)N2CCN(C(=O)CSCC(=O)Nc3ccc(F)cc3)CC2)c(OC)c1. The zero-order valence-corrected chi connectivity index (χ0v) is 19.3. The molecule has 1 aliphatic rings. The second-order valence-corrected chi connectivity index (χ2v) is 8.27. The predicted molar refractivity (Wildman–Crippen MR) is 124 cm³/mol. The van der Waals surface area contributed by atoms with Gasteiger partial charge >= 0.3 is 0 Å². The highest BCUT2D eigenvalue weighted by atomic mass is 32.2. The third-order valence-corrected chi connectivity index (χ3v) is 6.06. The average Bonchev–Trinajstić information content (AvgIpc) is 2.84. The molecule has 1 N–H and O–H groups in total. The first-order chi connectivity index (χ1) is 15.9. The quantitative estimate of drug-likeness (QED) is 0.631. The van der Waals surface area contributed by atoms with Gasteiger partial charge < -0.3 is 24.6 Å².